The van der Waals surface area contributed by atoms with Crippen LogP contribution in [0.4, 0.5) is 0 Å². The molecule has 6 heteroatoms. The second-order valence-electron chi connectivity index (χ2n) is 4.76. The summed E-state index contributed by atoms with van der Waals surface area (Å²) < 4.78 is 5.39. The van der Waals surface area contributed by atoms with Gasteiger partial charge in [-0.3, -0.25) is 4.79 Å². The SMILES string of the molecule is Cc1nc(C)c(C(=O)N2CC(C)NCC2C)o1.Cl. The molecule has 2 heterocycles. The number of nitrogens with one attached hydrogen (secondary N) is 1. The van der Waals surface area contributed by atoms with E-state index in [4.69, 9.17) is 4.42 Å². The Morgan fingerprint density at radius 1 is 1.44 bits per heavy atom. The van der Waals surface area contributed by atoms with E-state index in [-0.39, 0.29) is 24.4 Å². The smallest absolute Gasteiger partial charge is 0.291 e. The quantitative estimate of drug-likeness (QED) is 0.843. The van der Waals surface area contributed by atoms with Crippen molar-refractivity contribution in [3.8, 4) is 0 Å². The first kappa shape index (κ1) is 15.0. The van der Waals surface area contributed by atoms with Crippen LogP contribution in [0.2, 0.25) is 0 Å². The Morgan fingerprint density at radius 3 is 2.67 bits per heavy atom. The van der Waals surface area contributed by atoms with Crippen LogP contribution in [0.25, 0.3) is 0 Å². The number of aryl methyl sites for hydroxylation is 2. The van der Waals surface area contributed by atoms with Crippen LogP contribution in [0, 0.1) is 13.8 Å². The van der Waals surface area contributed by atoms with Crippen molar-refractivity contribution in [3.63, 3.8) is 0 Å². The predicted molar refractivity (Wildman–Crippen MR) is 71.2 cm³/mol. The van der Waals surface area contributed by atoms with E-state index in [0.717, 1.165) is 6.54 Å². The second kappa shape index (κ2) is 5.71. The molecule has 0 aliphatic carbocycles. The number of aromatic nitrogens is 1. The average molecular weight is 274 g/mol. The highest BCUT2D eigenvalue weighted by molar-refractivity contribution is 5.92. The summed E-state index contributed by atoms with van der Waals surface area (Å²) in [7, 11) is 0. The first-order valence-electron chi connectivity index (χ1n) is 5.97. The summed E-state index contributed by atoms with van der Waals surface area (Å²) in [5, 5.41) is 3.35. The predicted octanol–water partition coefficient (Wildman–Crippen LogP) is 1.54. The number of piperazine rings is 1. The van der Waals surface area contributed by atoms with E-state index in [1.807, 2.05) is 11.8 Å². The molecule has 0 aromatic carbocycles. The van der Waals surface area contributed by atoms with E-state index in [1.54, 1.807) is 13.8 Å². The Morgan fingerprint density at radius 2 is 2.11 bits per heavy atom. The van der Waals surface area contributed by atoms with E-state index in [0.29, 0.717) is 29.9 Å². The molecule has 2 rings (SSSR count). The zero-order chi connectivity index (χ0) is 12.6. The standard InChI is InChI=1S/C12H19N3O2.ClH/c1-7-6-15(8(2)5-13-7)12(16)11-9(3)14-10(4)17-11;/h7-8,13H,5-6H2,1-4H3;1H. The molecule has 1 fully saturated rings. The van der Waals surface area contributed by atoms with Gasteiger partial charge in [0.2, 0.25) is 5.76 Å². The van der Waals surface area contributed by atoms with Gasteiger partial charge in [0.15, 0.2) is 5.89 Å². The van der Waals surface area contributed by atoms with Crippen molar-refractivity contribution >= 4 is 18.3 Å². The van der Waals surface area contributed by atoms with Gasteiger partial charge in [-0.25, -0.2) is 4.98 Å². The zero-order valence-electron chi connectivity index (χ0n) is 11.2. The molecule has 1 N–H and O–H groups in total. The molecule has 1 aliphatic rings. The highest BCUT2D eigenvalue weighted by Gasteiger charge is 2.30. The van der Waals surface area contributed by atoms with Gasteiger partial charge in [-0.2, -0.15) is 0 Å². The van der Waals surface area contributed by atoms with Crippen LogP contribution >= 0.6 is 12.4 Å². The van der Waals surface area contributed by atoms with Crippen molar-refractivity contribution in [3.05, 3.63) is 17.3 Å². The zero-order valence-corrected chi connectivity index (χ0v) is 12.0. The lowest BCUT2D eigenvalue weighted by Gasteiger charge is -2.37. The molecule has 1 saturated heterocycles. The molecule has 2 atom stereocenters. The highest BCUT2D eigenvalue weighted by atomic mass is 35.5. The van der Waals surface area contributed by atoms with Crippen molar-refractivity contribution < 1.29 is 9.21 Å². The Balaban J connectivity index is 0.00000162. The van der Waals surface area contributed by atoms with Gasteiger partial charge in [0.25, 0.3) is 5.91 Å². The van der Waals surface area contributed by atoms with Crippen LogP contribution in [-0.2, 0) is 0 Å². The maximum Gasteiger partial charge on any atom is 0.291 e. The van der Waals surface area contributed by atoms with Crippen LogP contribution in [-0.4, -0.2) is 41.0 Å². The van der Waals surface area contributed by atoms with E-state index < -0.39 is 0 Å². The lowest BCUT2D eigenvalue weighted by atomic mass is 10.1. The summed E-state index contributed by atoms with van der Waals surface area (Å²) in [6.07, 6.45) is 0. The number of rotatable bonds is 1. The van der Waals surface area contributed by atoms with Crippen molar-refractivity contribution in [1.29, 1.82) is 0 Å². The number of carbonyl (C=O) groups excluding carboxylic acids is 1. The molecular formula is C12H20ClN3O2. The molecule has 5 nitrogen and oxygen atoms in total. The van der Waals surface area contributed by atoms with Crippen molar-refractivity contribution in [2.45, 2.75) is 39.8 Å². The highest BCUT2D eigenvalue weighted by Crippen LogP contribution is 2.16. The molecular weight excluding hydrogens is 254 g/mol. The van der Waals surface area contributed by atoms with Crippen LogP contribution in [0.3, 0.4) is 0 Å². The van der Waals surface area contributed by atoms with Gasteiger partial charge in [-0.15, -0.1) is 12.4 Å². The number of amides is 1. The number of oxazole rings is 1. The van der Waals surface area contributed by atoms with Crippen molar-refractivity contribution in [2.24, 2.45) is 0 Å². The maximum absolute atomic E-state index is 12.4. The Hall–Kier alpha value is -1.07. The first-order chi connectivity index (χ1) is 7.99. The summed E-state index contributed by atoms with van der Waals surface area (Å²) >= 11 is 0. The minimum absolute atomic E-state index is 0. The summed E-state index contributed by atoms with van der Waals surface area (Å²) in [4.78, 5) is 18.4. The monoisotopic (exact) mass is 273 g/mol. The van der Waals surface area contributed by atoms with E-state index in [1.165, 1.54) is 0 Å². The van der Waals surface area contributed by atoms with Gasteiger partial charge in [0.1, 0.15) is 0 Å². The minimum Gasteiger partial charge on any atom is -0.436 e. The second-order valence-corrected chi connectivity index (χ2v) is 4.76. The lowest BCUT2D eigenvalue weighted by molar-refractivity contribution is 0.0581. The number of hydrogen-bond acceptors (Lipinski definition) is 4. The molecule has 0 saturated carbocycles. The number of carbonyl (C=O) groups is 1. The average Bonchev–Trinajstić information content (AvgIpc) is 2.60. The molecule has 2 unspecified atom stereocenters. The van der Waals surface area contributed by atoms with Gasteiger partial charge in [0.05, 0.1) is 5.69 Å². The van der Waals surface area contributed by atoms with Crippen molar-refractivity contribution in [2.75, 3.05) is 13.1 Å². The summed E-state index contributed by atoms with van der Waals surface area (Å²) in [6, 6.07) is 0.503. The molecule has 0 bridgehead atoms. The largest absolute Gasteiger partial charge is 0.436 e. The van der Waals surface area contributed by atoms with Gasteiger partial charge in [0, 0.05) is 32.1 Å². The first-order valence-corrected chi connectivity index (χ1v) is 5.97. The van der Waals surface area contributed by atoms with E-state index in [9.17, 15) is 4.79 Å². The normalized spacial score (nSPS) is 23.7. The van der Waals surface area contributed by atoms with Crippen LogP contribution in [0.15, 0.2) is 4.42 Å². The molecule has 1 aliphatic heterocycles. The molecule has 18 heavy (non-hydrogen) atoms. The number of halogens is 1. The van der Waals surface area contributed by atoms with Gasteiger partial charge in [-0.05, 0) is 20.8 Å². The molecule has 1 aromatic rings. The minimum atomic E-state index is -0.0519. The van der Waals surface area contributed by atoms with Crippen LogP contribution < -0.4 is 5.32 Å². The van der Waals surface area contributed by atoms with Gasteiger partial charge >= 0.3 is 0 Å². The number of nitrogens with zero attached hydrogens (tertiary/aromatic N) is 2. The fraction of sp³-hybridized carbons (Fsp3) is 0.667. The molecule has 0 spiro atoms. The molecule has 1 aromatic heterocycles. The molecule has 1 amide bonds. The fourth-order valence-electron chi connectivity index (χ4n) is 2.16. The third-order valence-electron chi connectivity index (χ3n) is 3.12. The molecule has 0 radical (unpaired) electrons. The Kier molecular flexibility index (Phi) is 4.76. The molecule has 102 valence electrons. The third-order valence-corrected chi connectivity index (χ3v) is 3.12. The van der Waals surface area contributed by atoms with Gasteiger partial charge < -0.3 is 14.6 Å². The maximum atomic E-state index is 12.4. The Bertz CT molecular complexity index is 433. The summed E-state index contributed by atoms with van der Waals surface area (Å²) in [5.41, 5.74) is 0.672. The summed E-state index contributed by atoms with van der Waals surface area (Å²) in [5.74, 6) is 0.870. The number of hydrogen-bond donors (Lipinski definition) is 1. The van der Waals surface area contributed by atoms with E-state index >= 15 is 0 Å². The van der Waals surface area contributed by atoms with E-state index in [2.05, 4.69) is 17.2 Å². The Labute approximate surface area is 113 Å². The fourth-order valence-corrected chi connectivity index (χ4v) is 2.16. The van der Waals surface area contributed by atoms with Crippen molar-refractivity contribution in [1.82, 2.24) is 15.2 Å². The summed E-state index contributed by atoms with van der Waals surface area (Å²) in [6.45, 7) is 9.20. The van der Waals surface area contributed by atoms with Crippen LogP contribution in [0.1, 0.15) is 36.0 Å². The van der Waals surface area contributed by atoms with Gasteiger partial charge in [-0.1, -0.05) is 0 Å². The third kappa shape index (κ3) is 2.84. The topological polar surface area (TPSA) is 58.4 Å². The van der Waals surface area contributed by atoms with Crippen LogP contribution in [0.5, 0.6) is 0 Å². The lowest BCUT2D eigenvalue weighted by Crippen LogP contribution is -2.56.